The van der Waals surface area contributed by atoms with Crippen LogP contribution in [-0.2, 0) is 0 Å². The van der Waals surface area contributed by atoms with Crippen molar-refractivity contribution in [3.05, 3.63) is 97.1 Å². The molecule has 276 valence electrons. The highest BCUT2D eigenvalue weighted by molar-refractivity contribution is 6.03. The van der Waals surface area contributed by atoms with Crippen LogP contribution in [0.15, 0.2) is 97.1 Å². The van der Waals surface area contributed by atoms with E-state index in [2.05, 4.69) is 10.6 Å². The highest BCUT2D eigenvalue weighted by Gasteiger charge is 2.31. The van der Waals surface area contributed by atoms with Crippen LogP contribution >= 0.6 is 0 Å². The van der Waals surface area contributed by atoms with E-state index in [1.54, 1.807) is 0 Å². The second-order valence-corrected chi connectivity index (χ2v) is 13.7. The predicted octanol–water partition coefficient (Wildman–Crippen LogP) is 9.20. The first-order chi connectivity index (χ1) is 25.2. The number of urea groups is 2. The fraction of sp³-hybridized carbons (Fsp3) is 0.381. The first kappa shape index (κ1) is 37.9. The van der Waals surface area contributed by atoms with Gasteiger partial charge in [-0.1, -0.05) is 30.7 Å². The zero-order chi connectivity index (χ0) is 37.0. The number of carbonyl (C=O) groups is 2. The van der Waals surface area contributed by atoms with Crippen molar-refractivity contribution >= 4 is 46.2 Å². The molecular formula is C42H54N6O4. The number of benzene rings is 4. The van der Waals surface area contributed by atoms with Crippen molar-refractivity contribution in [2.75, 3.05) is 84.7 Å². The first-order valence-corrected chi connectivity index (χ1v) is 18.3. The number of anilines is 6. The molecule has 10 heteroatoms. The van der Waals surface area contributed by atoms with Gasteiger partial charge in [0, 0.05) is 64.0 Å². The third-order valence-electron chi connectivity index (χ3n) is 9.44. The molecule has 0 spiro atoms. The predicted molar refractivity (Wildman–Crippen MR) is 215 cm³/mol. The van der Waals surface area contributed by atoms with E-state index in [0.29, 0.717) is 37.8 Å². The lowest BCUT2D eigenvalue weighted by atomic mass is 9.80. The molecule has 2 N–H and O–H groups in total. The summed E-state index contributed by atoms with van der Waals surface area (Å²) in [7, 11) is 7.96. The van der Waals surface area contributed by atoms with E-state index in [1.165, 1.54) is 0 Å². The fourth-order valence-corrected chi connectivity index (χ4v) is 6.81. The maximum atomic E-state index is 14.1. The molecule has 5 rings (SSSR count). The molecule has 10 nitrogen and oxygen atoms in total. The molecule has 0 aliphatic heterocycles. The summed E-state index contributed by atoms with van der Waals surface area (Å²) >= 11 is 0. The van der Waals surface area contributed by atoms with Crippen molar-refractivity contribution < 1.29 is 19.1 Å². The number of rotatable bonds is 14. The van der Waals surface area contributed by atoms with Gasteiger partial charge in [-0.05, 0) is 118 Å². The molecule has 4 aromatic rings. The minimum atomic E-state index is -0.209. The smallest absolute Gasteiger partial charge is 0.326 e. The van der Waals surface area contributed by atoms with Gasteiger partial charge in [-0.2, -0.15) is 0 Å². The number of amides is 4. The van der Waals surface area contributed by atoms with Crippen LogP contribution in [0.25, 0.3) is 0 Å². The first-order valence-electron chi connectivity index (χ1n) is 18.3. The lowest BCUT2D eigenvalue weighted by Crippen LogP contribution is -2.43. The highest BCUT2D eigenvalue weighted by atomic mass is 16.5. The third-order valence-corrected chi connectivity index (χ3v) is 9.44. The van der Waals surface area contributed by atoms with Crippen molar-refractivity contribution in [2.45, 2.75) is 39.5 Å². The standard InChI is InChI=1S/C42H54N6O4/c1-7-51-39-18-11-9-16-37(39)47(41(49)43-33-20-24-35(25-21-33)45(3)4)29-31-14-13-15-32(28-31)30-48(38-17-10-12-19-40(38)52-8-2)42(50)44-34-22-26-36(27-23-34)46(5)6/h9-12,16-27,31-32H,7-8,13-15,28-30H2,1-6H3,(H,43,49)(H,44,50)/t31-,32-/m0/s1. The Kier molecular flexibility index (Phi) is 13.3. The number of nitrogens with zero attached hydrogens (tertiary/aromatic N) is 4. The molecule has 0 radical (unpaired) electrons. The van der Waals surface area contributed by atoms with Crippen molar-refractivity contribution in [3.63, 3.8) is 0 Å². The molecule has 1 aliphatic rings. The Hall–Kier alpha value is -5.38. The van der Waals surface area contributed by atoms with Crippen LogP contribution in [-0.4, -0.2) is 66.6 Å². The zero-order valence-corrected chi connectivity index (χ0v) is 31.5. The minimum absolute atomic E-state index is 0.209. The maximum Gasteiger partial charge on any atom is 0.326 e. The Bertz CT molecular complexity index is 1620. The van der Waals surface area contributed by atoms with Crippen molar-refractivity contribution in [1.29, 1.82) is 0 Å². The Morgan fingerprint density at radius 2 is 0.981 bits per heavy atom. The normalized spacial score (nSPS) is 15.3. The Labute approximate surface area is 309 Å². The topological polar surface area (TPSA) is 89.6 Å². The van der Waals surface area contributed by atoms with Crippen molar-refractivity contribution in [3.8, 4) is 11.5 Å². The molecule has 4 amide bonds. The molecule has 1 aliphatic carbocycles. The van der Waals surface area contributed by atoms with Crippen LogP contribution < -0.4 is 39.7 Å². The Morgan fingerprint density at radius 3 is 1.35 bits per heavy atom. The fourth-order valence-electron chi connectivity index (χ4n) is 6.81. The number of hydrogen-bond donors (Lipinski definition) is 2. The van der Waals surface area contributed by atoms with Gasteiger partial charge in [0.2, 0.25) is 0 Å². The number of ether oxygens (including phenoxy) is 2. The van der Waals surface area contributed by atoms with Crippen molar-refractivity contribution in [1.82, 2.24) is 0 Å². The summed E-state index contributed by atoms with van der Waals surface area (Å²) in [5.41, 5.74) is 5.03. The van der Waals surface area contributed by atoms with E-state index in [1.807, 2.05) is 159 Å². The number of hydrogen-bond acceptors (Lipinski definition) is 6. The molecule has 0 bridgehead atoms. The summed E-state index contributed by atoms with van der Waals surface area (Å²) in [5.74, 6) is 1.76. The van der Waals surface area contributed by atoms with Gasteiger partial charge in [0.25, 0.3) is 0 Å². The van der Waals surface area contributed by atoms with Crippen LogP contribution in [0.1, 0.15) is 39.5 Å². The summed E-state index contributed by atoms with van der Waals surface area (Å²) < 4.78 is 12.0. The number of para-hydroxylation sites is 4. The average molecular weight is 707 g/mol. The summed E-state index contributed by atoms with van der Waals surface area (Å²) in [4.78, 5) is 35.9. The molecule has 0 heterocycles. The third kappa shape index (κ3) is 9.90. The lowest BCUT2D eigenvalue weighted by Gasteiger charge is -2.36. The maximum absolute atomic E-state index is 14.1. The minimum Gasteiger partial charge on any atom is -0.492 e. The van der Waals surface area contributed by atoms with Crippen LogP contribution in [0.2, 0.25) is 0 Å². The van der Waals surface area contributed by atoms with E-state index in [-0.39, 0.29) is 23.9 Å². The summed E-state index contributed by atoms with van der Waals surface area (Å²) in [6.45, 7) is 5.91. The van der Waals surface area contributed by atoms with Crippen molar-refractivity contribution in [2.24, 2.45) is 11.8 Å². The van der Waals surface area contributed by atoms with E-state index >= 15 is 0 Å². The summed E-state index contributed by atoms with van der Waals surface area (Å²) in [6, 6.07) is 30.7. The molecule has 52 heavy (non-hydrogen) atoms. The van der Waals surface area contributed by atoms with Crippen LogP contribution in [0, 0.1) is 11.8 Å². The molecule has 4 aromatic carbocycles. The Balaban J connectivity index is 1.37. The molecule has 0 aromatic heterocycles. The van der Waals surface area contributed by atoms with Crippen LogP contribution in [0.3, 0.4) is 0 Å². The SMILES string of the molecule is CCOc1ccccc1N(C[C@H]1CCC[C@H](CN(C(=O)Nc2ccc(N(C)C)cc2)c2ccccc2OCC)C1)C(=O)Nc1ccc(N(C)C)cc1. The van der Waals surface area contributed by atoms with Gasteiger partial charge in [-0.25, -0.2) is 9.59 Å². The Morgan fingerprint density at radius 1 is 0.596 bits per heavy atom. The number of nitrogens with one attached hydrogen (secondary N) is 2. The van der Waals surface area contributed by atoms with E-state index in [0.717, 1.165) is 59.8 Å². The van der Waals surface area contributed by atoms with Gasteiger partial charge in [0.15, 0.2) is 0 Å². The average Bonchev–Trinajstić information content (AvgIpc) is 3.14. The van der Waals surface area contributed by atoms with Gasteiger partial charge >= 0.3 is 12.1 Å². The summed E-state index contributed by atoms with van der Waals surface area (Å²) in [5, 5.41) is 6.26. The van der Waals surface area contributed by atoms with Gasteiger partial charge in [0.1, 0.15) is 11.5 Å². The molecule has 2 atom stereocenters. The quantitative estimate of drug-likeness (QED) is 0.136. The van der Waals surface area contributed by atoms with Gasteiger partial charge in [0.05, 0.1) is 24.6 Å². The summed E-state index contributed by atoms with van der Waals surface area (Å²) in [6.07, 6.45) is 3.82. The number of carbonyl (C=O) groups excluding carboxylic acids is 2. The monoisotopic (exact) mass is 706 g/mol. The zero-order valence-electron chi connectivity index (χ0n) is 31.5. The second-order valence-electron chi connectivity index (χ2n) is 13.7. The molecular weight excluding hydrogens is 652 g/mol. The van der Waals surface area contributed by atoms with Crippen LogP contribution in [0.4, 0.5) is 43.7 Å². The largest absolute Gasteiger partial charge is 0.492 e. The molecule has 0 unspecified atom stereocenters. The lowest BCUT2D eigenvalue weighted by molar-refractivity contribution is 0.241. The van der Waals surface area contributed by atoms with Gasteiger partial charge in [-0.3, -0.25) is 9.80 Å². The highest BCUT2D eigenvalue weighted by Crippen LogP contribution is 2.37. The van der Waals surface area contributed by atoms with E-state index < -0.39 is 0 Å². The van der Waals surface area contributed by atoms with Crippen LogP contribution in [0.5, 0.6) is 11.5 Å². The van der Waals surface area contributed by atoms with E-state index in [4.69, 9.17) is 9.47 Å². The molecule has 1 saturated carbocycles. The molecule has 1 fully saturated rings. The van der Waals surface area contributed by atoms with Gasteiger partial charge < -0.3 is 29.9 Å². The van der Waals surface area contributed by atoms with E-state index in [9.17, 15) is 9.59 Å². The second kappa shape index (κ2) is 18.2. The molecule has 0 saturated heterocycles. The van der Waals surface area contributed by atoms with Gasteiger partial charge in [-0.15, -0.1) is 0 Å².